The van der Waals surface area contributed by atoms with Gasteiger partial charge in [-0.25, -0.2) is 4.79 Å². The summed E-state index contributed by atoms with van der Waals surface area (Å²) in [7, 11) is 1.63. The number of carbonyl (C=O) groups excluding carboxylic acids is 1. The second-order valence-electron chi connectivity index (χ2n) is 6.80. The quantitative estimate of drug-likeness (QED) is 0.352. The van der Waals surface area contributed by atoms with Crippen molar-refractivity contribution in [2.24, 2.45) is 0 Å². The SMILES string of the molecule is COc1ccc(CSc2nnc(SCC(=O)c3c(N)n(C4CC4)c(=O)[nH]c3=O)s2)cc1. The molecule has 0 saturated heterocycles. The zero-order chi connectivity index (χ0) is 22.0. The van der Waals surface area contributed by atoms with Crippen molar-refractivity contribution in [3.63, 3.8) is 0 Å². The van der Waals surface area contributed by atoms with Crippen LogP contribution in [0.15, 0.2) is 42.5 Å². The number of ether oxygens (including phenoxy) is 1. The second-order valence-corrected chi connectivity index (χ2v) is 10.2. The van der Waals surface area contributed by atoms with E-state index in [2.05, 4.69) is 15.2 Å². The van der Waals surface area contributed by atoms with Crippen LogP contribution in [-0.4, -0.2) is 38.4 Å². The standard InChI is InChI=1S/C19H19N5O4S3/c1-28-12-6-2-10(3-7-12)8-29-18-22-23-19(31-18)30-9-13(25)14-15(20)24(11-4-5-11)17(27)21-16(14)26/h2-3,6-7,11H,4-5,8-9,20H2,1H3,(H,21,26,27). The Morgan fingerprint density at radius 2 is 1.90 bits per heavy atom. The first-order valence-electron chi connectivity index (χ1n) is 9.35. The van der Waals surface area contributed by atoms with Crippen molar-refractivity contribution in [2.75, 3.05) is 18.6 Å². The van der Waals surface area contributed by atoms with E-state index in [9.17, 15) is 14.4 Å². The molecule has 12 heteroatoms. The number of H-pyrrole nitrogens is 1. The highest BCUT2D eigenvalue weighted by molar-refractivity contribution is 8.03. The van der Waals surface area contributed by atoms with E-state index in [1.165, 1.54) is 27.7 Å². The monoisotopic (exact) mass is 477 g/mol. The van der Waals surface area contributed by atoms with Crippen LogP contribution in [0.3, 0.4) is 0 Å². The van der Waals surface area contributed by atoms with Gasteiger partial charge in [-0.3, -0.25) is 19.1 Å². The Morgan fingerprint density at radius 3 is 2.55 bits per heavy atom. The van der Waals surface area contributed by atoms with Gasteiger partial charge in [0.25, 0.3) is 5.56 Å². The Kier molecular flexibility index (Phi) is 6.49. The van der Waals surface area contributed by atoms with E-state index in [0.29, 0.717) is 4.34 Å². The summed E-state index contributed by atoms with van der Waals surface area (Å²) in [4.78, 5) is 39.0. The highest BCUT2D eigenvalue weighted by Gasteiger charge is 2.30. The lowest BCUT2D eigenvalue weighted by Crippen LogP contribution is -2.36. The molecule has 1 aliphatic carbocycles. The first kappa shape index (κ1) is 21.7. The number of nitrogen functional groups attached to an aromatic ring is 1. The molecule has 2 aromatic heterocycles. The Bertz CT molecular complexity index is 1210. The van der Waals surface area contributed by atoms with Gasteiger partial charge in [-0.1, -0.05) is 47.0 Å². The molecule has 3 aromatic rings. The van der Waals surface area contributed by atoms with E-state index in [0.717, 1.165) is 34.2 Å². The number of ketones is 1. The number of nitrogens with two attached hydrogens (primary N) is 1. The minimum Gasteiger partial charge on any atom is -0.497 e. The van der Waals surface area contributed by atoms with Crippen molar-refractivity contribution in [2.45, 2.75) is 33.3 Å². The van der Waals surface area contributed by atoms with Crippen LogP contribution in [-0.2, 0) is 5.75 Å². The van der Waals surface area contributed by atoms with Crippen molar-refractivity contribution in [3.8, 4) is 5.75 Å². The average molecular weight is 478 g/mol. The molecule has 3 N–H and O–H groups in total. The summed E-state index contributed by atoms with van der Waals surface area (Å²) in [6, 6.07) is 7.75. The number of aromatic nitrogens is 4. The molecule has 0 amide bonds. The first-order valence-corrected chi connectivity index (χ1v) is 12.1. The summed E-state index contributed by atoms with van der Waals surface area (Å²) in [6.07, 6.45) is 1.61. The maximum absolute atomic E-state index is 12.6. The molecule has 9 nitrogen and oxygen atoms in total. The number of aromatic amines is 1. The molecule has 1 saturated carbocycles. The molecule has 1 fully saturated rings. The van der Waals surface area contributed by atoms with Crippen LogP contribution in [0.1, 0.15) is 34.8 Å². The van der Waals surface area contributed by atoms with Gasteiger partial charge in [-0.2, -0.15) is 0 Å². The Hall–Kier alpha value is -2.57. The highest BCUT2D eigenvalue weighted by Crippen LogP contribution is 2.35. The van der Waals surface area contributed by atoms with Crippen LogP contribution in [0.5, 0.6) is 5.75 Å². The van der Waals surface area contributed by atoms with E-state index in [1.807, 2.05) is 24.3 Å². The van der Waals surface area contributed by atoms with Crippen LogP contribution in [0.4, 0.5) is 5.82 Å². The van der Waals surface area contributed by atoms with Crippen molar-refractivity contribution < 1.29 is 9.53 Å². The first-order chi connectivity index (χ1) is 15.0. The van der Waals surface area contributed by atoms with E-state index in [4.69, 9.17) is 10.5 Å². The van der Waals surface area contributed by atoms with Gasteiger partial charge in [0.1, 0.15) is 17.1 Å². The highest BCUT2D eigenvalue weighted by atomic mass is 32.2. The number of nitrogens with one attached hydrogen (secondary N) is 1. The zero-order valence-corrected chi connectivity index (χ0v) is 18.9. The molecule has 1 aromatic carbocycles. The van der Waals surface area contributed by atoms with Gasteiger partial charge in [0, 0.05) is 11.8 Å². The van der Waals surface area contributed by atoms with Crippen molar-refractivity contribution in [3.05, 3.63) is 56.2 Å². The number of nitrogens with zero attached hydrogens (tertiary/aromatic N) is 3. The zero-order valence-electron chi connectivity index (χ0n) is 16.5. The molecule has 0 bridgehead atoms. The minimum absolute atomic E-state index is 0.0199. The topological polar surface area (TPSA) is 133 Å². The number of hydrogen-bond donors (Lipinski definition) is 2. The molecule has 0 radical (unpaired) electrons. The van der Waals surface area contributed by atoms with Crippen molar-refractivity contribution in [1.82, 2.24) is 19.7 Å². The minimum atomic E-state index is -0.752. The molecular formula is C19H19N5O4S3. The lowest BCUT2D eigenvalue weighted by atomic mass is 10.2. The molecule has 0 aliphatic heterocycles. The fourth-order valence-corrected chi connectivity index (χ4v) is 5.76. The summed E-state index contributed by atoms with van der Waals surface area (Å²) in [6.45, 7) is 0. The van der Waals surface area contributed by atoms with Gasteiger partial charge in [0.2, 0.25) is 0 Å². The van der Waals surface area contributed by atoms with Crippen LogP contribution in [0, 0.1) is 0 Å². The summed E-state index contributed by atoms with van der Waals surface area (Å²) in [5.74, 6) is 1.01. The van der Waals surface area contributed by atoms with Gasteiger partial charge >= 0.3 is 5.69 Å². The average Bonchev–Trinajstić information content (AvgIpc) is 3.47. The normalized spacial score (nSPS) is 13.3. The summed E-state index contributed by atoms with van der Waals surface area (Å²) >= 11 is 4.12. The van der Waals surface area contributed by atoms with Gasteiger partial charge in [-0.05, 0) is 30.5 Å². The fraction of sp³-hybridized carbons (Fsp3) is 0.316. The number of hydrogen-bond acceptors (Lipinski definition) is 10. The molecule has 4 rings (SSSR count). The van der Waals surface area contributed by atoms with E-state index in [-0.39, 0.29) is 23.2 Å². The molecule has 31 heavy (non-hydrogen) atoms. The van der Waals surface area contributed by atoms with Gasteiger partial charge in [0.05, 0.1) is 12.9 Å². The Balaban J connectivity index is 1.37. The third-order valence-electron chi connectivity index (χ3n) is 4.61. The van der Waals surface area contributed by atoms with Gasteiger partial charge in [-0.15, -0.1) is 10.2 Å². The van der Waals surface area contributed by atoms with Crippen LogP contribution in [0.2, 0.25) is 0 Å². The second kappa shape index (κ2) is 9.28. The molecule has 0 unspecified atom stereocenters. The smallest absolute Gasteiger partial charge is 0.330 e. The lowest BCUT2D eigenvalue weighted by Gasteiger charge is -2.10. The van der Waals surface area contributed by atoms with Crippen molar-refractivity contribution >= 4 is 46.5 Å². The van der Waals surface area contributed by atoms with Crippen LogP contribution >= 0.6 is 34.9 Å². The number of carbonyl (C=O) groups is 1. The number of anilines is 1. The molecule has 162 valence electrons. The van der Waals surface area contributed by atoms with Crippen LogP contribution in [0.25, 0.3) is 0 Å². The number of thioether (sulfide) groups is 2. The van der Waals surface area contributed by atoms with Gasteiger partial charge < -0.3 is 10.5 Å². The lowest BCUT2D eigenvalue weighted by molar-refractivity contribution is 0.102. The molecular weight excluding hydrogens is 458 g/mol. The third-order valence-corrected chi connectivity index (χ3v) is 7.87. The number of methoxy groups -OCH3 is 1. The fourth-order valence-electron chi connectivity index (χ4n) is 2.91. The molecule has 0 spiro atoms. The predicted molar refractivity (Wildman–Crippen MR) is 122 cm³/mol. The predicted octanol–water partition coefficient (Wildman–Crippen LogP) is 2.58. The Morgan fingerprint density at radius 1 is 1.23 bits per heavy atom. The third kappa shape index (κ3) is 5.02. The van der Waals surface area contributed by atoms with Crippen LogP contribution < -0.4 is 21.7 Å². The number of rotatable bonds is 9. The molecule has 1 aliphatic rings. The van der Waals surface area contributed by atoms with E-state index < -0.39 is 17.0 Å². The maximum Gasteiger partial charge on any atom is 0.330 e. The molecule has 2 heterocycles. The summed E-state index contributed by atoms with van der Waals surface area (Å²) < 4.78 is 7.86. The number of benzene rings is 1. The Labute approximate surface area is 189 Å². The van der Waals surface area contributed by atoms with E-state index in [1.54, 1.807) is 18.9 Å². The van der Waals surface area contributed by atoms with Crippen molar-refractivity contribution in [1.29, 1.82) is 0 Å². The number of Topliss-reactive ketones (excluding diaryl/α,β-unsaturated/α-hetero) is 1. The summed E-state index contributed by atoms with van der Waals surface area (Å²) in [5, 5.41) is 8.25. The summed E-state index contributed by atoms with van der Waals surface area (Å²) in [5.41, 5.74) is 5.63. The van der Waals surface area contributed by atoms with Gasteiger partial charge in [0.15, 0.2) is 14.5 Å². The molecule has 0 atom stereocenters. The van der Waals surface area contributed by atoms with E-state index >= 15 is 0 Å². The largest absolute Gasteiger partial charge is 0.497 e. The maximum atomic E-state index is 12.6.